The van der Waals surface area contributed by atoms with Crippen LogP contribution < -0.4 is 0 Å². The Labute approximate surface area is 46.4 Å². The van der Waals surface area contributed by atoms with Crippen LogP contribution in [0.2, 0.25) is 0 Å². The molecule has 2 atom stereocenters. The standard InChI is InChI=1S/C3H5NOP2/c5-3-1-2-4-7-6/h2,5,7H,6H2/b4-2+. The van der Waals surface area contributed by atoms with Gasteiger partial charge in [-0.15, -0.1) is 0 Å². The van der Waals surface area contributed by atoms with Crippen molar-refractivity contribution in [3.8, 4) is 12.0 Å². The van der Waals surface area contributed by atoms with Crippen LogP contribution in [0.1, 0.15) is 0 Å². The molecule has 38 valence electrons. The Morgan fingerprint density at radius 2 is 2.57 bits per heavy atom. The SMILES string of the molecule is OC#C/C=N/PP. The zero-order chi connectivity index (χ0) is 5.54. The molecule has 0 aromatic carbocycles. The highest BCUT2D eigenvalue weighted by molar-refractivity contribution is 8.02. The largest absolute Gasteiger partial charge is 0.462 e. The molecule has 0 saturated carbocycles. The summed E-state index contributed by atoms with van der Waals surface area (Å²) in [6, 6.07) is 0. The zero-order valence-electron chi connectivity index (χ0n) is 3.55. The lowest BCUT2D eigenvalue weighted by Crippen LogP contribution is -1.56. The van der Waals surface area contributed by atoms with Crippen LogP contribution in [0.15, 0.2) is 4.76 Å². The maximum absolute atomic E-state index is 7.84. The first kappa shape index (κ1) is 6.89. The van der Waals surface area contributed by atoms with Crippen LogP contribution in [0.3, 0.4) is 0 Å². The predicted molar refractivity (Wildman–Crippen MR) is 36.2 cm³/mol. The van der Waals surface area contributed by atoms with E-state index in [1.165, 1.54) is 6.21 Å². The van der Waals surface area contributed by atoms with E-state index in [1.54, 1.807) is 6.11 Å². The monoisotopic (exact) mass is 133 g/mol. The first-order chi connectivity index (χ1) is 3.41. The number of hydrogen-bond donors (Lipinski definition) is 1. The first-order valence-corrected chi connectivity index (χ1v) is 4.29. The molecule has 0 amide bonds. The van der Waals surface area contributed by atoms with Crippen molar-refractivity contribution in [3.05, 3.63) is 0 Å². The number of hydrogen-bond acceptors (Lipinski definition) is 2. The van der Waals surface area contributed by atoms with Crippen molar-refractivity contribution in [2.75, 3.05) is 0 Å². The molecule has 0 aliphatic heterocycles. The molecule has 2 unspecified atom stereocenters. The van der Waals surface area contributed by atoms with Crippen molar-refractivity contribution in [2.24, 2.45) is 4.76 Å². The van der Waals surface area contributed by atoms with Gasteiger partial charge in [0.1, 0.15) is 6.11 Å². The molecule has 0 aliphatic rings. The van der Waals surface area contributed by atoms with Gasteiger partial charge >= 0.3 is 0 Å². The summed E-state index contributed by atoms with van der Waals surface area (Å²) >= 11 is 0. The maximum atomic E-state index is 7.84. The van der Waals surface area contributed by atoms with E-state index in [2.05, 4.69) is 19.6 Å². The molecule has 0 fully saturated rings. The molecule has 0 radical (unpaired) electrons. The average molecular weight is 133 g/mol. The summed E-state index contributed by atoms with van der Waals surface area (Å²) in [4.78, 5) is 0. The minimum Gasteiger partial charge on any atom is -0.462 e. The second kappa shape index (κ2) is 5.89. The molecule has 0 heterocycles. The zero-order valence-corrected chi connectivity index (χ0v) is 5.70. The lowest BCUT2D eigenvalue weighted by Gasteiger charge is -1.68. The van der Waals surface area contributed by atoms with Gasteiger partial charge in [0.15, 0.2) is 0 Å². The third kappa shape index (κ3) is 5.89. The predicted octanol–water partition coefficient (Wildman–Crippen LogP) is 0.774. The van der Waals surface area contributed by atoms with Crippen LogP contribution in [0, 0.1) is 12.0 Å². The molecule has 1 N–H and O–H groups in total. The van der Waals surface area contributed by atoms with Gasteiger partial charge in [-0.1, -0.05) is 8.93 Å². The van der Waals surface area contributed by atoms with Gasteiger partial charge in [-0.2, -0.15) is 0 Å². The van der Waals surface area contributed by atoms with E-state index in [4.69, 9.17) is 5.11 Å². The Morgan fingerprint density at radius 3 is 3.00 bits per heavy atom. The maximum Gasteiger partial charge on any atom is 0.114 e. The Kier molecular flexibility index (Phi) is 5.80. The van der Waals surface area contributed by atoms with E-state index in [-0.39, 0.29) is 0 Å². The fraction of sp³-hybridized carbons (Fsp3) is 0. The van der Waals surface area contributed by atoms with Gasteiger partial charge < -0.3 is 5.11 Å². The van der Waals surface area contributed by atoms with Crippen LogP contribution in [0.5, 0.6) is 0 Å². The normalized spacial score (nSPS) is 9.86. The lowest BCUT2D eigenvalue weighted by molar-refractivity contribution is 0.518. The Balaban J connectivity index is 3.21. The summed E-state index contributed by atoms with van der Waals surface area (Å²) < 4.78 is 3.69. The Bertz CT molecular complexity index is 112. The van der Waals surface area contributed by atoms with Gasteiger partial charge in [-0.3, -0.25) is 4.76 Å². The van der Waals surface area contributed by atoms with Gasteiger partial charge in [0.25, 0.3) is 0 Å². The van der Waals surface area contributed by atoms with Gasteiger partial charge in [0.05, 0.1) is 6.21 Å². The van der Waals surface area contributed by atoms with Crippen LogP contribution in [-0.4, -0.2) is 11.3 Å². The second-order valence-corrected chi connectivity index (χ2v) is 1.93. The summed E-state index contributed by atoms with van der Waals surface area (Å²) in [6.45, 7) is 0. The molecule has 0 rings (SSSR count). The van der Waals surface area contributed by atoms with Crippen molar-refractivity contribution in [1.29, 1.82) is 0 Å². The summed E-state index contributed by atoms with van der Waals surface area (Å²) in [7, 11) is 2.87. The van der Waals surface area contributed by atoms with Gasteiger partial charge in [-0.25, -0.2) is 0 Å². The molecule has 0 spiro atoms. The molecule has 0 aromatic rings. The average Bonchev–Trinajstić information content (AvgIpc) is 1.69. The molecule has 4 heteroatoms. The highest BCUT2D eigenvalue weighted by Crippen LogP contribution is 2.19. The number of rotatable bonds is 1. The fourth-order valence-corrected chi connectivity index (χ4v) is 0.461. The van der Waals surface area contributed by atoms with Crippen molar-refractivity contribution in [1.82, 2.24) is 0 Å². The Morgan fingerprint density at radius 1 is 1.86 bits per heavy atom. The highest BCUT2D eigenvalue weighted by atomic mass is 32.0. The smallest absolute Gasteiger partial charge is 0.114 e. The number of aliphatic hydroxyl groups is 1. The molecule has 2 nitrogen and oxygen atoms in total. The van der Waals surface area contributed by atoms with E-state index >= 15 is 0 Å². The van der Waals surface area contributed by atoms with E-state index in [0.29, 0.717) is 8.42 Å². The van der Waals surface area contributed by atoms with Gasteiger partial charge in [0, 0.05) is 8.42 Å². The molecular weight excluding hydrogens is 128 g/mol. The van der Waals surface area contributed by atoms with Crippen molar-refractivity contribution < 1.29 is 5.11 Å². The van der Waals surface area contributed by atoms with E-state index in [9.17, 15) is 0 Å². The minimum absolute atomic E-state index is 0.440. The quantitative estimate of drug-likeness (QED) is 0.320. The molecule has 7 heavy (non-hydrogen) atoms. The summed E-state index contributed by atoms with van der Waals surface area (Å²) in [5.74, 6) is 2.26. The van der Waals surface area contributed by atoms with Gasteiger partial charge in [-0.05, 0) is 5.92 Å². The molecule has 0 saturated heterocycles. The number of aliphatic hydroxyl groups excluding tert-OH is 1. The molecule has 0 aromatic heterocycles. The Hall–Kier alpha value is -0.110. The van der Waals surface area contributed by atoms with Crippen molar-refractivity contribution >= 4 is 23.6 Å². The second-order valence-electron chi connectivity index (χ2n) is 0.643. The topological polar surface area (TPSA) is 32.6 Å². The van der Waals surface area contributed by atoms with Crippen LogP contribution >= 0.6 is 17.3 Å². The molecular formula is C3H5NOP2. The molecule has 0 bridgehead atoms. The summed E-state index contributed by atoms with van der Waals surface area (Å²) in [5, 5.41) is 7.84. The highest BCUT2D eigenvalue weighted by Gasteiger charge is 1.56. The van der Waals surface area contributed by atoms with Crippen LogP contribution in [0.25, 0.3) is 0 Å². The van der Waals surface area contributed by atoms with E-state index in [1.807, 2.05) is 0 Å². The third-order valence-electron chi connectivity index (χ3n) is 0.268. The third-order valence-corrected chi connectivity index (χ3v) is 0.994. The van der Waals surface area contributed by atoms with Crippen molar-refractivity contribution in [2.45, 2.75) is 0 Å². The fourth-order valence-electron chi connectivity index (χ4n) is 0.0984. The van der Waals surface area contributed by atoms with Crippen molar-refractivity contribution in [3.63, 3.8) is 0 Å². The number of nitrogens with zero attached hydrogens (tertiary/aromatic N) is 1. The van der Waals surface area contributed by atoms with E-state index < -0.39 is 0 Å². The minimum atomic E-state index is 0.440. The van der Waals surface area contributed by atoms with E-state index in [0.717, 1.165) is 0 Å². The summed E-state index contributed by atoms with van der Waals surface area (Å²) in [6.07, 6.45) is 3.06. The molecule has 0 aliphatic carbocycles. The van der Waals surface area contributed by atoms with Crippen LogP contribution in [-0.2, 0) is 0 Å². The first-order valence-electron chi connectivity index (χ1n) is 1.53. The van der Waals surface area contributed by atoms with Gasteiger partial charge in [0.2, 0.25) is 0 Å². The summed E-state index contributed by atoms with van der Waals surface area (Å²) in [5.41, 5.74) is 0. The lowest BCUT2D eigenvalue weighted by atomic mass is 10.8. The van der Waals surface area contributed by atoms with Crippen LogP contribution in [0.4, 0.5) is 0 Å².